The van der Waals surface area contributed by atoms with E-state index < -0.39 is 0 Å². The normalized spacial score (nSPS) is 13.7. The molecule has 3 nitrogen and oxygen atoms in total. The predicted octanol–water partition coefficient (Wildman–Crippen LogP) is 2.29. The summed E-state index contributed by atoms with van der Waals surface area (Å²) in [6.45, 7) is 6.53. The van der Waals surface area contributed by atoms with E-state index in [1.165, 1.54) is 5.57 Å². The van der Waals surface area contributed by atoms with E-state index in [1.54, 1.807) is 0 Å². The molecule has 0 aliphatic carbocycles. The molecule has 0 aliphatic rings. The van der Waals surface area contributed by atoms with Crippen molar-refractivity contribution in [2.75, 3.05) is 13.2 Å². The van der Waals surface area contributed by atoms with E-state index in [0.29, 0.717) is 18.9 Å². The quantitative estimate of drug-likeness (QED) is 0.522. The van der Waals surface area contributed by atoms with Crippen LogP contribution in [-0.4, -0.2) is 24.3 Å². The summed E-state index contributed by atoms with van der Waals surface area (Å²) in [6.07, 6.45) is 4.07. The summed E-state index contributed by atoms with van der Waals surface area (Å²) in [4.78, 5) is 11.1. The first kappa shape index (κ1) is 14.2. The summed E-state index contributed by atoms with van der Waals surface area (Å²) >= 11 is 0. The van der Waals surface area contributed by atoms with E-state index in [9.17, 15) is 4.79 Å². The Labute approximate surface area is 92.1 Å². The predicted molar refractivity (Wildman–Crippen MR) is 60.5 cm³/mol. The molecule has 0 bridgehead atoms. The SMILES string of the molecule is CCOC(=O)CC/C(C)=C/C(C)CCO. The number of ether oxygens (including phenoxy) is 1. The van der Waals surface area contributed by atoms with E-state index in [2.05, 4.69) is 13.0 Å². The summed E-state index contributed by atoms with van der Waals surface area (Å²) in [5.41, 5.74) is 1.18. The van der Waals surface area contributed by atoms with E-state index in [0.717, 1.165) is 12.8 Å². The molecule has 1 N–H and O–H groups in total. The average Bonchev–Trinajstić information content (AvgIpc) is 2.15. The lowest BCUT2D eigenvalue weighted by molar-refractivity contribution is -0.143. The standard InChI is InChI=1S/C12H22O3/c1-4-15-12(14)6-5-10(2)9-11(3)7-8-13/h9,11,13H,4-8H2,1-3H3/b10-9+. The lowest BCUT2D eigenvalue weighted by atomic mass is 10.0. The zero-order chi connectivity index (χ0) is 11.7. The highest BCUT2D eigenvalue weighted by atomic mass is 16.5. The van der Waals surface area contributed by atoms with Crippen LogP contribution < -0.4 is 0 Å². The minimum absolute atomic E-state index is 0.139. The Morgan fingerprint density at radius 1 is 1.47 bits per heavy atom. The monoisotopic (exact) mass is 214 g/mol. The first-order chi connectivity index (χ1) is 7.10. The molecule has 15 heavy (non-hydrogen) atoms. The van der Waals surface area contributed by atoms with Gasteiger partial charge in [0.2, 0.25) is 0 Å². The molecule has 0 aromatic carbocycles. The van der Waals surface area contributed by atoms with Gasteiger partial charge in [-0.25, -0.2) is 0 Å². The van der Waals surface area contributed by atoms with Crippen LogP contribution in [-0.2, 0) is 9.53 Å². The number of esters is 1. The van der Waals surface area contributed by atoms with Crippen molar-refractivity contribution >= 4 is 5.97 Å². The van der Waals surface area contributed by atoms with Gasteiger partial charge in [-0.1, -0.05) is 18.6 Å². The number of rotatable bonds is 7. The van der Waals surface area contributed by atoms with Crippen molar-refractivity contribution in [1.29, 1.82) is 0 Å². The van der Waals surface area contributed by atoms with Gasteiger partial charge >= 0.3 is 5.97 Å². The topological polar surface area (TPSA) is 46.5 Å². The second-order valence-electron chi connectivity index (χ2n) is 3.81. The number of hydrogen-bond donors (Lipinski definition) is 1. The molecule has 88 valence electrons. The highest BCUT2D eigenvalue weighted by Gasteiger charge is 2.03. The summed E-state index contributed by atoms with van der Waals surface area (Å²) in [5.74, 6) is 0.234. The van der Waals surface area contributed by atoms with Crippen molar-refractivity contribution in [3.05, 3.63) is 11.6 Å². The molecule has 0 heterocycles. The van der Waals surface area contributed by atoms with E-state index in [4.69, 9.17) is 9.84 Å². The fourth-order valence-corrected chi connectivity index (χ4v) is 1.39. The van der Waals surface area contributed by atoms with Crippen LogP contribution in [0.1, 0.15) is 40.0 Å². The van der Waals surface area contributed by atoms with E-state index >= 15 is 0 Å². The summed E-state index contributed by atoms with van der Waals surface area (Å²) in [5, 5.41) is 8.73. The molecule has 0 saturated carbocycles. The highest BCUT2D eigenvalue weighted by Crippen LogP contribution is 2.11. The van der Waals surface area contributed by atoms with Crippen LogP contribution in [0.2, 0.25) is 0 Å². The fourth-order valence-electron chi connectivity index (χ4n) is 1.39. The Morgan fingerprint density at radius 2 is 2.13 bits per heavy atom. The molecule has 0 aliphatic heterocycles. The maximum absolute atomic E-state index is 11.1. The van der Waals surface area contributed by atoms with Crippen molar-refractivity contribution < 1.29 is 14.6 Å². The average molecular weight is 214 g/mol. The highest BCUT2D eigenvalue weighted by molar-refractivity contribution is 5.69. The van der Waals surface area contributed by atoms with Crippen LogP contribution in [0.4, 0.5) is 0 Å². The summed E-state index contributed by atoms with van der Waals surface area (Å²) in [6, 6.07) is 0. The first-order valence-electron chi connectivity index (χ1n) is 5.53. The Morgan fingerprint density at radius 3 is 2.67 bits per heavy atom. The fraction of sp³-hybridized carbons (Fsp3) is 0.750. The minimum atomic E-state index is -0.139. The molecule has 0 amide bonds. The van der Waals surface area contributed by atoms with Crippen molar-refractivity contribution in [2.24, 2.45) is 5.92 Å². The van der Waals surface area contributed by atoms with Crippen molar-refractivity contribution in [3.8, 4) is 0 Å². The van der Waals surface area contributed by atoms with Crippen molar-refractivity contribution in [3.63, 3.8) is 0 Å². The lowest BCUT2D eigenvalue weighted by Gasteiger charge is -2.06. The second kappa shape index (κ2) is 8.48. The third-order valence-corrected chi connectivity index (χ3v) is 2.18. The van der Waals surface area contributed by atoms with Crippen LogP contribution >= 0.6 is 0 Å². The third-order valence-electron chi connectivity index (χ3n) is 2.18. The van der Waals surface area contributed by atoms with Crippen LogP contribution in [0.25, 0.3) is 0 Å². The van der Waals surface area contributed by atoms with E-state index in [-0.39, 0.29) is 12.6 Å². The number of carbonyl (C=O) groups excluding carboxylic acids is 1. The van der Waals surface area contributed by atoms with Gasteiger partial charge < -0.3 is 9.84 Å². The number of aliphatic hydroxyl groups excluding tert-OH is 1. The molecule has 0 spiro atoms. The van der Waals surface area contributed by atoms with Gasteiger partial charge in [0.05, 0.1) is 6.61 Å². The second-order valence-corrected chi connectivity index (χ2v) is 3.81. The van der Waals surface area contributed by atoms with Gasteiger partial charge in [-0.2, -0.15) is 0 Å². The van der Waals surface area contributed by atoms with Crippen LogP contribution in [0.5, 0.6) is 0 Å². The van der Waals surface area contributed by atoms with Crippen molar-refractivity contribution in [1.82, 2.24) is 0 Å². The molecule has 0 aromatic heterocycles. The third kappa shape index (κ3) is 8.18. The zero-order valence-electron chi connectivity index (χ0n) is 9.95. The molecule has 1 atom stereocenters. The number of carbonyl (C=O) groups is 1. The number of hydrogen-bond acceptors (Lipinski definition) is 3. The molecule has 0 rings (SSSR count). The summed E-state index contributed by atoms with van der Waals surface area (Å²) in [7, 11) is 0. The smallest absolute Gasteiger partial charge is 0.306 e. The van der Waals surface area contributed by atoms with Gasteiger partial charge in [-0.15, -0.1) is 0 Å². The number of allylic oxidation sites excluding steroid dienone is 2. The minimum Gasteiger partial charge on any atom is -0.466 e. The molecular weight excluding hydrogens is 192 g/mol. The Bertz CT molecular complexity index is 209. The maximum Gasteiger partial charge on any atom is 0.306 e. The molecule has 0 saturated heterocycles. The van der Waals surface area contributed by atoms with Gasteiger partial charge in [0.1, 0.15) is 0 Å². The zero-order valence-corrected chi connectivity index (χ0v) is 9.95. The Kier molecular flexibility index (Phi) is 8.01. The van der Waals surface area contributed by atoms with E-state index in [1.807, 2.05) is 13.8 Å². The largest absolute Gasteiger partial charge is 0.466 e. The van der Waals surface area contributed by atoms with Gasteiger partial charge in [0.15, 0.2) is 0 Å². The molecule has 0 radical (unpaired) electrons. The molecule has 0 fully saturated rings. The summed E-state index contributed by atoms with van der Waals surface area (Å²) < 4.78 is 4.84. The van der Waals surface area contributed by atoms with Gasteiger partial charge in [-0.05, 0) is 32.6 Å². The first-order valence-corrected chi connectivity index (χ1v) is 5.53. The van der Waals surface area contributed by atoms with Gasteiger partial charge in [-0.3, -0.25) is 4.79 Å². The molecular formula is C12H22O3. The number of aliphatic hydroxyl groups is 1. The van der Waals surface area contributed by atoms with Crippen LogP contribution in [0.15, 0.2) is 11.6 Å². The van der Waals surface area contributed by atoms with Gasteiger partial charge in [0.25, 0.3) is 0 Å². The van der Waals surface area contributed by atoms with Crippen molar-refractivity contribution in [2.45, 2.75) is 40.0 Å². The lowest BCUT2D eigenvalue weighted by Crippen LogP contribution is -2.04. The molecule has 3 heteroatoms. The molecule has 0 aromatic rings. The maximum atomic E-state index is 11.1. The van der Waals surface area contributed by atoms with Gasteiger partial charge in [0, 0.05) is 13.0 Å². The Balaban J connectivity index is 3.81. The Hall–Kier alpha value is -0.830. The van der Waals surface area contributed by atoms with Crippen LogP contribution in [0.3, 0.4) is 0 Å². The van der Waals surface area contributed by atoms with Crippen LogP contribution in [0, 0.1) is 5.92 Å². The molecule has 1 unspecified atom stereocenters.